The third kappa shape index (κ3) is 3.91. The maximum absolute atomic E-state index is 8.88. The molecule has 0 atom stereocenters. The molecule has 0 radical (unpaired) electrons. The van der Waals surface area contributed by atoms with Crippen molar-refractivity contribution in [1.29, 1.82) is 0 Å². The number of thioether (sulfide) groups is 1. The number of likely N-dealkylation sites (N-methyl/N-ethyl adjacent to an activating group) is 1. The predicted octanol–water partition coefficient (Wildman–Crippen LogP) is -0.995. The molecule has 7 nitrogen and oxygen atoms in total. The fraction of sp³-hybridized carbons (Fsp3) is 0.900. The molecule has 0 aromatic carbocycles. The Hall–Kier alpha value is -0.700. The van der Waals surface area contributed by atoms with E-state index in [0.29, 0.717) is 6.54 Å². The van der Waals surface area contributed by atoms with Crippen molar-refractivity contribution in [2.24, 2.45) is 0 Å². The molecule has 0 bridgehead atoms. The molecule has 2 heterocycles. The van der Waals surface area contributed by atoms with Crippen LogP contribution in [0.1, 0.15) is 0 Å². The fourth-order valence-electron chi connectivity index (χ4n) is 1.87. The lowest BCUT2D eigenvalue weighted by Gasteiger charge is -2.32. The molecule has 0 saturated carbocycles. The lowest BCUT2D eigenvalue weighted by Crippen LogP contribution is -2.45. The lowest BCUT2D eigenvalue weighted by molar-refractivity contribution is 0.161. The van der Waals surface area contributed by atoms with Gasteiger partial charge in [0.1, 0.15) is 0 Å². The average Bonchev–Trinajstić information content (AvgIpc) is 2.80. The summed E-state index contributed by atoms with van der Waals surface area (Å²) in [7, 11) is 2.16. The summed E-state index contributed by atoms with van der Waals surface area (Å²) in [4.78, 5) is 4.82. The number of aliphatic hydroxyl groups is 1. The van der Waals surface area contributed by atoms with E-state index in [0.717, 1.165) is 43.6 Å². The van der Waals surface area contributed by atoms with Crippen molar-refractivity contribution >= 4 is 11.8 Å². The first-order valence-electron chi connectivity index (χ1n) is 6.20. The molecule has 0 aliphatic carbocycles. The van der Waals surface area contributed by atoms with E-state index in [1.54, 1.807) is 16.4 Å². The van der Waals surface area contributed by atoms with Gasteiger partial charge in [0.2, 0.25) is 5.16 Å². The molecule has 8 heteroatoms. The van der Waals surface area contributed by atoms with E-state index in [-0.39, 0.29) is 6.61 Å². The Bertz CT molecular complexity index is 352. The highest BCUT2D eigenvalue weighted by Crippen LogP contribution is 2.13. The Morgan fingerprint density at radius 2 is 2.00 bits per heavy atom. The number of aromatic nitrogens is 4. The summed E-state index contributed by atoms with van der Waals surface area (Å²) >= 11 is 1.65. The summed E-state index contributed by atoms with van der Waals surface area (Å²) < 4.78 is 1.65. The highest BCUT2D eigenvalue weighted by atomic mass is 32.2. The van der Waals surface area contributed by atoms with Gasteiger partial charge in [-0.25, -0.2) is 4.68 Å². The monoisotopic (exact) mass is 272 g/mol. The van der Waals surface area contributed by atoms with Crippen LogP contribution in [0.4, 0.5) is 0 Å². The SMILES string of the molecule is CN1CCN(CCSc2nnnn2CCO)CC1. The summed E-state index contributed by atoms with van der Waals surface area (Å²) in [5.74, 6) is 0.982. The minimum Gasteiger partial charge on any atom is -0.394 e. The fourth-order valence-corrected chi connectivity index (χ4v) is 2.78. The molecule has 1 saturated heterocycles. The second-order valence-electron chi connectivity index (χ2n) is 4.40. The molecule has 1 N–H and O–H groups in total. The van der Waals surface area contributed by atoms with Gasteiger partial charge in [0.05, 0.1) is 13.2 Å². The summed E-state index contributed by atoms with van der Waals surface area (Å²) in [6, 6.07) is 0. The highest BCUT2D eigenvalue weighted by Gasteiger charge is 2.14. The second-order valence-corrected chi connectivity index (χ2v) is 5.46. The average molecular weight is 272 g/mol. The van der Waals surface area contributed by atoms with Crippen molar-refractivity contribution in [3.8, 4) is 0 Å². The Morgan fingerprint density at radius 3 is 2.72 bits per heavy atom. The molecular formula is C10H20N6OS. The zero-order valence-electron chi connectivity index (χ0n) is 10.7. The van der Waals surface area contributed by atoms with Crippen LogP contribution in [-0.4, -0.2) is 87.2 Å². The van der Waals surface area contributed by atoms with Crippen LogP contribution in [0.3, 0.4) is 0 Å². The minimum absolute atomic E-state index is 0.0665. The van der Waals surface area contributed by atoms with Crippen LogP contribution in [0, 0.1) is 0 Å². The summed E-state index contributed by atoms with van der Waals surface area (Å²) in [6.07, 6.45) is 0. The van der Waals surface area contributed by atoms with Crippen LogP contribution in [0.25, 0.3) is 0 Å². The van der Waals surface area contributed by atoms with E-state index in [4.69, 9.17) is 5.11 Å². The van der Waals surface area contributed by atoms with Crippen LogP contribution >= 0.6 is 11.8 Å². The largest absolute Gasteiger partial charge is 0.394 e. The molecule has 2 rings (SSSR count). The summed E-state index contributed by atoms with van der Waals surface area (Å²) in [5, 5.41) is 21.1. The molecule has 1 aromatic rings. The molecular weight excluding hydrogens is 252 g/mol. The van der Waals surface area contributed by atoms with E-state index < -0.39 is 0 Å². The molecule has 0 unspecified atom stereocenters. The Morgan fingerprint density at radius 1 is 1.22 bits per heavy atom. The van der Waals surface area contributed by atoms with Crippen molar-refractivity contribution in [3.63, 3.8) is 0 Å². The third-order valence-corrected chi connectivity index (χ3v) is 3.98. The predicted molar refractivity (Wildman–Crippen MR) is 69.6 cm³/mol. The van der Waals surface area contributed by atoms with Gasteiger partial charge in [-0.05, 0) is 17.5 Å². The number of rotatable bonds is 6. The highest BCUT2D eigenvalue weighted by molar-refractivity contribution is 7.99. The van der Waals surface area contributed by atoms with E-state index in [9.17, 15) is 0 Å². The van der Waals surface area contributed by atoms with Gasteiger partial charge in [-0.15, -0.1) is 5.10 Å². The topological polar surface area (TPSA) is 70.3 Å². The lowest BCUT2D eigenvalue weighted by atomic mass is 10.3. The first-order valence-corrected chi connectivity index (χ1v) is 7.19. The molecule has 0 amide bonds. The summed E-state index contributed by atoms with van der Waals surface area (Å²) in [6.45, 7) is 6.16. The molecule has 1 aliphatic heterocycles. The number of tetrazole rings is 1. The van der Waals surface area contributed by atoms with Crippen molar-refractivity contribution in [2.45, 2.75) is 11.7 Å². The molecule has 0 spiro atoms. The van der Waals surface area contributed by atoms with Gasteiger partial charge in [-0.2, -0.15) is 0 Å². The molecule has 102 valence electrons. The van der Waals surface area contributed by atoms with Gasteiger partial charge < -0.3 is 10.0 Å². The molecule has 1 fully saturated rings. The second kappa shape index (κ2) is 7.03. The number of aliphatic hydroxyl groups excluding tert-OH is 1. The van der Waals surface area contributed by atoms with Crippen molar-refractivity contribution in [3.05, 3.63) is 0 Å². The quantitative estimate of drug-likeness (QED) is 0.666. The van der Waals surface area contributed by atoms with Gasteiger partial charge in [0, 0.05) is 38.5 Å². The van der Waals surface area contributed by atoms with Gasteiger partial charge in [-0.3, -0.25) is 4.90 Å². The normalized spacial score (nSPS) is 18.3. The Balaban J connectivity index is 1.70. The van der Waals surface area contributed by atoms with E-state index >= 15 is 0 Å². The van der Waals surface area contributed by atoms with Crippen molar-refractivity contribution < 1.29 is 5.11 Å². The van der Waals surface area contributed by atoms with Crippen LogP contribution in [0.15, 0.2) is 5.16 Å². The van der Waals surface area contributed by atoms with Gasteiger partial charge in [0.15, 0.2) is 0 Å². The zero-order valence-corrected chi connectivity index (χ0v) is 11.5. The van der Waals surface area contributed by atoms with Crippen LogP contribution in [0.5, 0.6) is 0 Å². The van der Waals surface area contributed by atoms with Crippen LogP contribution in [0.2, 0.25) is 0 Å². The zero-order chi connectivity index (χ0) is 12.8. The van der Waals surface area contributed by atoms with Crippen molar-refractivity contribution in [1.82, 2.24) is 30.0 Å². The summed E-state index contributed by atoms with van der Waals surface area (Å²) in [5.41, 5.74) is 0. The van der Waals surface area contributed by atoms with E-state index in [1.165, 1.54) is 0 Å². The van der Waals surface area contributed by atoms with Gasteiger partial charge >= 0.3 is 0 Å². The Kier molecular flexibility index (Phi) is 5.36. The van der Waals surface area contributed by atoms with Crippen molar-refractivity contribution in [2.75, 3.05) is 52.1 Å². The number of piperazine rings is 1. The third-order valence-electron chi connectivity index (χ3n) is 3.05. The molecule has 1 aromatic heterocycles. The minimum atomic E-state index is 0.0665. The first kappa shape index (κ1) is 13.7. The van der Waals surface area contributed by atoms with Crippen LogP contribution in [-0.2, 0) is 6.54 Å². The standard InChI is InChI=1S/C10H20N6OS/c1-14-2-4-15(5-3-14)7-9-18-10-11-12-13-16(10)6-8-17/h17H,2-9H2,1H3. The van der Waals surface area contributed by atoms with E-state index in [1.807, 2.05) is 0 Å². The molecule has 18 heavy (non-hydrogen) atoms. The van der Waals surface area contributed by atoms with Gasteiger partial charge in [-0.1, -0.05) is 11.8 Å². The number of hydrogen-bond donors (Lipinski definition) is 1. The van der Waals surface area contributed by atoms with Gasteiger partial charge in [0.25, 0.3) is 0 Å². The molecule has 1 aliphatic rings. The maximum Gasteiger partial charge on any atom is 0.209 e. The first-order chi connectivity index (χ1) is 8.79. The number of hydrogen-bond acceptors (Lipinski definition) is 7. The Labute approximate surface area is 111 Å². The maximum atomic E-state index is 8.88. The van der Waals surface area contributed by atoms with E-state index in [2.05, 4.69) is 32.4 Å². The van der Waals surface area contributed by atoms with Crippen LogP contribution < -0.4 is 0 Å². The smallest absolute Gasteiger partial charge is 0.209 e. The number of nitrogens with zero attached hydrogens (tertiary/aromatic N) is 6.